The van der Waals surface area contributed by atoms with Gasteiger partial charge in [-0.05, 0) is 114 Å². The van der Waals surface area contributed by atoms with E-state index in [1.807, 2.05) is 18.4 Å². The van der Waals surface area contributed by atoms with Crippen LogP contribution in [0.3, 0.4) is 0 Å². The van der Waals surface area contributed by atoms with Crippen molar-refractivity contribution >= 4 is 12.2 Å². The van der Waals surface area contributed by atoms with Gasteiger partial charge in [-0.25, -0.2) is 0 Å². The summed E-state index contributed by atoms with van der Waals surface area (Å²) in [5, 5.41) is 7.85. The summed E-state index contributed by atoms with van der Waals surface area (Å²) in [6.07, 6.45) is 28.8. The molecule has 0 amide bonds. The molecule has 0 radical (unpaired) electrons. The van der Waals surface area contributed by atoms with E-state index in [2.05, 4.69) is 196 Å². The van der Waals surface area contributed by atoms with Crippen molar-refractivity contribution in [3.05, 3.63) is 138 Å². The molecule has 1 heterocycles. The largest absolute Gasteiger partial charge is 0.469 e. The molecule has 0 bridgehead atoms. The number of hydrogen-bond donors (Lipinski definition) is 2. The topological polar surface area (TPSA) is 37.2 Å². The molecular formula is C52H81BN2O. The van der Waals surface area contributed by atoms with Gasteiger partial charge in [0.1, 0.15) is 5.76 Å². The Morgan fingerprint density at radius 2 is 1.64 bits per heavy atom. The van der Waals surface area contributed by atoms with Gasteiger partial charge in [0, 0.05) is 16.8 Å². The lowest BCUT2D eigenvalue weighted by molar-refractivity contribution is 0.278. The third kappa shape index (κ3) is 13.8. The number of allylic oxidation sites excluding steroid dienone is 11. The van der Waals surface area contributed by atoms with Crippen molar-refractivity contribution in [3.63, 3.8) is 0 Å². The molecule has 0 aliphatic heterocycles. The average Bonchev–Trinajstić information content (AvgIpc) is 3.56. The summed E-state index contributed by atoms with van der Waals surface area (Å²) in [6, 6.07) is -0.00154. The van der Waals surface area contributed by atoms with Crippen LogP contribution in [0.1, 0.15) is 154 Å². The zero-order chi connectivity index (χ0) is 42.6. The highest BCUT2D eigenvalue weighted by molar-refractivity contribution is 6.85. The number of fused-ring (bicyclic) bond motifs is 1. The molecule has 1 atom stereocenters. The molecule has 1 aliphatic carbocycles. The van der Waals surface area contributed by atoms with E-state index in [4.69, 9.17) is 4.42 Å². The molecule has 2 N–H and O–H groups in total. The molecule has 2 rings (SSSR count). The van der Waals surface area contributed by atoms with E-state index in [0.29, 0.717) is 11.8 Å². The van der Waals surface area contributed by atoms with E-state index in [0.717, 1.165) is 60.3 Å². The van der Waals surface area contributed by atoms with Gasteiger partial charge < -0.3 is 15.1 Å². The molecule has 3 nitrogen and oxygen atoms in total. The lowest BCUT2D eigenvalue weighted by atomic mass is 9.38. The Morgan fingerprint density at radius 3 is 2.16 bits per heavy atom. The first-order valence-electron chi connectivity index (χ1n) is 21.3. The van der Waals surface area contributed by atoms with Gasteiger partial charge in [0.15, 0.2) is 0 Å². The Hall–Kier alpha value is -3.66. The standard InChI is InChI=1S/C52H81BN2O/c1-20-25-42(28-29-49(11,12)13)54-35-43(45(26-21-2)55-46(39(9)10)34-41(33-37(5)6)50(14,15)23-4)53(32-24-27-40(22-3)38(7)8)44-36-56-48-47(44)51(16,17)30-31-52(48,18)19/h20-22,24-28,32-33,35-38,46,54-55H,2-3,9,23,29-31,34H2,1,4-8,10-19H3/b25-20-,32-24+,40-27+,41-33-,42-28+,43-35-,45-26+. The fourth-order valence-electron chi connectivity index (χ4n) is 7.38. The molecule has 0 fully saturated rings. The summed E-state index contributed by atoms with van der Waals surface area (Å²) in [7, 11) is 0. The SMILES string of the molecule is C=C/C=C(NC(C/C(=C/C(C)C)C(C)(C)CC)C(=C)C)\C(=C\NC(/C=C\C)=C/CC(C)(C)C)B(/C=C/C=C(\C=C)C(C)C)c1coc2c1C(C)(C)CCC2(C)C. The summed E-state index contributed by atoms with van der Waals surface area (Å²) in [5.74, 6) is 4.25. The van der Waals surface area contributed by atoms with Crippen molar-refractivity contribution in [2.75, 3.05) is 0 Å². The second kappa shape index (κ2) is 20.7. The van der Waals surface area contributed by atoms with E-state index in [-0.39, 0.29) is 34.4 Å². The number of rotatable bonds is 20. The first kappa shape index (κ1) is 48.5. The maximum Gasteiger partial charge on any atom is 0.243 e. The highest BCUT2D eigenvalue weighted by Gasteiger charge is 2.44. The fraction of sp³-hybridized carbons (Fsp3) is 0.538. The minimum absolute atomic E-state index is 0.00154. The lowest BCUT2D eigenvalue weighted by Crippen LogP contribution is -2.44. The molecule has 4 heteroatoms. The van der Waals surface area contributed by atoms with Crippen molar-refractivity contribution in [2.45, 2.75) is 160 Å². The van der Waals surface area contributed by atoms with E-state index in [1.165, 1.54) is 22.2 Å². The van der Waals surface area contributed by atoms with Gasteiger partial charge in [0.05, 0.1) is 12.3 Å². The van der Waals surface area contributed by atoms with E-state index in [1.54, 1.807) is 0 Å². The van der Waals surface area contributed by atoms with Crippen molar-refractivity contribution in [1.82, 2.24) is 10.6 Å². The molecule has 56 heavy (non-hydrogen) atoms. The molecule has 1 aliphatic rings. The van der Waals surface area contributed by atoms with E-state index in [9.17, 15) is 0 Å². The van der Waals surface area contributed by atoms with Crippen molar-refractivity contribution in [3.8, 4) is 0 Å². The second-order valence-corrected chi connectivity index (χ2v) is 20.0. The second-order valence-electron chi connectivity index (χ2n) is 20.0. The normalized spacial score (nSPS) is 17.8. The van der Waals surface area contributed by atoms with Crippen molar-refractivity contribution in [1.29, 1.82) is 0 Å². The highest BCUT2D eigenvalue weighted by Crippen LogP contribution is 2.46. The molecule has 308 valence electrons. The monoisotopic (exact) mass is 761 g/mol. The minimum atomic E-state index is -0.158. The van der Waals surface area contributed by atoms with Gasteiger partial charge in [-0.3, -0.25) is 0 Å². The zero-order valence-corrected chi connectivity index (χ0v) is 38.8. The van der Waals surface area contributed by atoms with Crippen LogP contribution in [0.2, 0.25) is 0 Å². The smallest absolute Gasteiger partial charge is 0.243 e. The molecule has 0 saturated carbocycles. The van der Waals surface area contributed by atoms with Gasteiger partial charge in [-0.2, -0.15) is 0 Å². The third-order valence-corrected chi connectivity index (χ3v) is 11.6. The number of hydrogen-bond acceptors (Lipinski definition) is 3. The maximum absolute atomic E-state index is 6.68. The average molecular weight is 761 g/mol. The Morgan fingerprint density at radius 1 is 1.00 bits per heavy atom. The summed E-state index contributed by atoms with van der Waals surface area (Å²) in [4.78, 5) is 0. The van der Waals surface area contributed by atoms with Gasteiger partial charge in [-0.15, -0.1) is 5.98 Å². The van der Waals surface area contributed by atoms with Crippen LogP contribution in [0, 0.1) is 22.7 Å². The number of furan rings is 1. The Labute approximate surface area is 346 Å². The molecule has 0 spiro atoms. The zero-order valence-electron chi connectivity index (χ0n) is 38.8. The maximum atomic E-state index is 6.68. The summed E-state index contributed by atoms with van der Waals surface area (Å²) < 4.78 is 6.68. The Bertz CT molecular complexity index is 1720. The predicted molar refractivity (Wildman–Crippen MR) is 251 cm³/mol. The number of nitrogens with one attached hydrogen (secondary N) is 2. The summed E-state index contributed by atoms with van der Waals surface area (Å²) in [5.41, 5.74) is 9.54. The van der Waals surface area contributed by atoms with Crippen LogP contribution in [0.15, 0.2) is 131 Å². The first-order valence-corrected chi connectivity index (χ1v) is 21.3. The van der Waals surface area contributed by atoms with Crippen molar-refractivity contribution < 1.29 is 4.42 Å². The van der Waals surface area contributed by atoms with Gasteiger partial charge >= 0.3 is 0 Å². The quantitative estimate of drug-likeness (QED) is 0.0789. The lowest BCUT2D eigenvalue weighted by Gasteiger charge is -2.39. The fourth-order valence-corrected chi connectivity index (χ4v) is 7.38. The van der Waals surface area contributed by atoms with Crippen LogP contribution in [-0.4, -0.2) is 12.8 Å². The Balaban J connectivity index is 3.09. The van der Waals surface area contributed by atoms with Gasteiger partial charge in [0.2, 0.25) is 6.71 Å². The van der Waals surface area contributed by atoms with Crippen LogP contribution in [0.4, 0.5) is 0 Å². The van der Waals surface area contributed by atoms with E-state index < -0.39 is 0 Å². The van der Waals surface area contributed by atoms with Gasteiger partial charge in [0.25, 0.3) is 0 Å². The van der Waals surface area contributed by atoms with Crippen LogP contribution < -0.4 is 16.1 Å². The molecule has 0 aromatic carbocycles. The highest BCUT2D eigenvalue weighted by atomic mass is 16.3. The van der Waals surface area contributed by atoms with Gasteiger partial charge in [-0.1, -0.05) is 170 Å². The van der Waals surface area contributed by atoms with Crippen LogP contribution >= 0.6 is 0 Å². The Kier molecular flexibility index (Phi) is 17.9. The van der Waals surface area contributed by atoms with Crippen LogP contribution in [-0.2, 0) is 10.8 Å². The minimum Gasteiger partial charge on any atom is -0.469 e. The molecule has 0 saturated heterocycles. The first-order chi connectivity index (χ1) is 25.9. The molecule has 1 unspecified atom stereocenters. The van der Waals surface area contributed by atoms with Crippen molar-refractivity contribution in [2.24, 2.45) is 22.7 Å². The third-order valence-electron chi connectivity index (χ3n) is 11.6. The summed E-state index contributed by atoms with van der Waals surface area (Å²) >= 11 is 0. The molecule has 1 aromatic rings. The van der Waals surface area contributed by atoms with Crippen LogP contribution in [0.5, 0.6) is 0 Å². The molecular weight excluding hydrogens is 679 g/mol. The summed E-state index contributed by atoms with van der Waals surface area (Å²) in [6.45, 7) is 49.2. The predicted octanol–water partition coefficient (Wildman–Crippen LogP) is 14.1. The molecule has 1 aromatic heterocycles. The van der Waals surface area contributed by atoms with Crippen LogP contribution in [0.25, 0.3) is 0 Å². The van der Waals surface area contributed by atoms with E-state index >= 15 is 0 Å².